The van der Waals surface area contributed by atoms with E-state index in [2.05, 4.69) is 27.5 Å². The fourth-order valence-corrected chi connectivity index (χ4v) is 6.56. The largest absolute Gasteiger partial charge is 0.378 e. The number of nitrogens with zero attached hydrogens (tertiary/aromatic N) is 6. The molecule has 6 rings (SSSR count). The molecule has 0 spiro atoms. The van der Waals surface area contributed by atoms with Gasteiger partial charge in [-0.3, -0.25) is 9.52 Å². The molecule has 0 aliphatic carbocycles. The molecule has 3 saturated heterocycles. The molecule has 1 amide bonds. The Morgan fingerprint density at radius 3 is 2.58 bits per heavy atom. The minimum absolute atomic E-state index is 0.209. The Morgan fingerprint density at radius 2 is 1.85 bits per heavy atom. The number of benzene rings is 1. The van der Waals surface area contributed by atoms with Crippen molar-refractivity contribution in [3.63, 3.8) is 0 Å². The molecule has 3 fully saturated rings. The first-order valence-electron chi connectivity index (χ1n) is 13.7. The lowest BCUT2D eigenvalue weighted by molar-refractivity contribution is 0.0607. The van der Waals surface area contributed by atoms with Crippen molar-refractivity contribution in [2.45, 2.75) is 32.2 Å². The number of carbonyl (C=O) groups is 1. The van der Waals surface area contributed by atoms with E-state index in [0.717, 1.165) is 74.7 Å². The summed E-state index contributed by atoms with van der Waals surface area (Å²) < 4.78 is 33.9. The van der Waals surface area contributed by atoms with Crippen LogP contribution in [0.1, 0.15) is 48.3 Å². The van der Waals surface area contributed by atoms with Crippen LogP contribution in [0.4, 0.5) is 17.3 Å². The zero-order chi connectivity index (χ0) is 28.0. The van der Waals surface area contributed by atoms with Crippen LogP contribution in [0, 0.1) is 5.92 Å². The molecule has 0 bridgehead atoms. The summed E-state index contributed by atoms with van der Waals surface area (Å²) in [5, 5.41) is 5.38. The summed E-state index contributed by atoms with van der Waals surface area (Å²) in [5.41, 5.74) is 1.94. The van der Waals surface area contributed by atoms with Crippen LogP contribution < -0.4 is 14.5 Å². The van der Waals surface area contributed by atoms with Gasteiger partial charge in [0.2, 0.25) is 10.0 Å². The van der Waals surface area contributed by atoms with Crippen LogP contribution in [0.15, 0.2) is 30.3 Å². The van der Waals surface area contributed by atoms with E-state index in [-0.39, 0.29) is 23.2 Å². The summed E-state index contributed by atoms with van der Waals surface area (Å²) in [6.45, 7) is 7.56. The van der Waals surface area contributed by atoms with Crippen LogP contribution >= 0.6 is 11.6 Å². The molecule has 214 valence electrons. The van der Waals surface area contributed by atoms with E-state index in [4.69, 9.17) is 26.4 Å². The van der Waals surface area contributed by atoms with Gasteiger partial charge in [-0.25, -0.2) is 13.4 Å². The van der Waals surface area contributed by atoms with Crippen molar-refractivity contribution in [1.29, 1.82) is 0 Å². The molecule has 11 nitrogen and oxygen atoms in total. The second-order valence-electron chi connectivity index (χ2n) is 11.0. The number of hydrogen-bond acceptors (Lipinski definition) is 8. The average molecular weight is 588 g/mol. The van der Waals surface area contributed by atoms with Crippen molar-refractivity contribution < 1.29 is 17.9 Å². The third-order valence-electron chi connectivity index (χ3n) is 7.75. The monoisotopic (exact) mass is 587 g/mol. The number of rotatable bonds is 6. The molecule has 3 aliphatic rings. The van der Waals surface area contributed by atoms with Crippen molar-refractivity contribution in [2.75, 3.05) is 66.7 Å². The van der Waals surface area contributed by atoms with Crippen molar-refractivity contribution in [1.82, 2.24) is 19.5 Å². The molecule has 0 radical (unpaired) electrons. The highest BCUT2D eigenvalue weighted by Crippen LogP contribution is 2.35. The number of aromatic nitrogens is 3. The number of anilines is 3. The van der Waals surface area contributed by atoms with Crippen LogP contribution in [-0.2, 0) is 14.8 Å². The lowest BCUT2D eigenvalue weighted by Crippen LogP contribution is -2.46. The van der Waals surface area contributed by atoms with Gasteiger partial charge in [-0.2, -0.15) is 9.61 Å². The van der Waals surface area contributed by atoms with Gasteiger partial charge in [0, 0.05) is 49.9 Å². The zero-order valence-electron chi connectivity index (χ0n) is 22.7. The van der Waals surface area contributed by atoms with Gasteiger partial charge in [-0.15, -0.1) is 0 Å². The molecule has 3 aromatic rings. The first-order chi connectivity index (χ1) is 19.2. The van der Waals surface area contributed by atoms with Crippen LogP contribution in [0.25, 0.3) is 5.65 Å². The SMILES string of the molecule is CC1CN(c2cc(N3CCOCC3)n3nc([C@@H]4CCCCN4C(=O)c4cc(Cl)ccc4NS(C)(=O)=O)cc3n2)C1. The van der Waals surface area contributed by atoms with Gasteiger partial charge in [-0.1, -0.05) is 18.5 Å². The minimum Gasteiger partial charge on any atom is -0.378 e. The highest BCUT2D eigenvalue weighted by Gasteiger charge is 2.33. The Kier molecular flexibility index (Phi) is 7.26. The quantitative estimate of drug-likeness (QED) is 0.467. The fraction of sp³-hybridized carbons (Fsp3) is 0.519. The zero-order valence-corrected chi connectivity index (χ0v) is 24.3. The molecule has 3 aliphatic heterocycles. The van der Waals surface area contributed by atoms with Crippen LogP contribution in [0.5, 0.6) is 0 Å². The summed E-state index contributed by atoms with van der Waals surface area (Å²) in [5.74, 6) is 2.26. The van der Waals surface area contributed by atoms with E-state index < -0.39 is 10.0 Å². The number of likely N-dealkylation sites (tertiary alicyclic amines) is 1. The highest BCUT2D eigenvalue weighted by atomic mass is 35.5. The number of nitrogens with one attached hydrogen (secondary N) is 1. The van der Waals surface area contributed by atoms with E-state index in [0.29, 0.717) is 30.7 Å². The molecule has 1 atom stereocenters. The van der Waals surface area contributed by atoms with E-state index in [1.807, 2.05) is 10.6 Å². The molecule has 2 aromatic heterocycles. The first kappa shape index (κ1) is 27.1. The predicted octanol–water partition coefficient (Wildman–Crippen LogP) is 3.41. The third kappa shape index (κ3) is 5.44. The predicted molar refractivity (Wildman–Crippen MR) is 155 cm³/mol. The normalized spacial score (nSPS) is 20.6. The van der Waals surface area contributed by atoms with Crippen LogP contribution in [0.2, 0.25) is 5.02 Å². The van der Waals surface area contributed by atoms with Crippen LogP contribution in [-0.4, -0.2) is 86.0 Å². The number of morpholine rings is 1. The molecule has 1 N–H and O–H groups in total. The van der Waals surface area contributed by atoms with Gasteiger partial charge < -0.3 is 19.4 Å². The number of fused-ring (bicyclic) bond motifs is 1. The molecule has 13 heteroatoms. The number of ether oxygens (including phenoxy) is 1. The van der Waals surface area contributed by atoms with Crippen molar-refractivity contribution >= 4 is 50.5 Å². The summed E-state index contributed by atoms with van der Waals surface area (Å²) in [7, 11) is -3.59. The molecule has 5 heterocycles. The van der Waals surface area contributed by atoms with Crippen molar-refractivity contribution in [3.05, 3.63) is 46.6 Å². The molecule has 0 saturated carbocycles. The van der Waals surface area contributed by atoms with Crippen molar-refractivity contribution in [3.8, 4) is 0 Å². The maximum atomic E-state index is 13.9. The van der Waals surface area contributed by atoms with Gasteiger partial charge in [0.15, 0.2) is 5.65 Å². The van der Waals surface area contributed by atoms with Gasteiger partial charge in [0.1, 0.15) is 11.6 Å². The topological polar surface area (TPSA) is 112 Å². The molecule has 0 unspecified atom stereocenters. The lowest BCUT2D eigenvalue weighted by atomic mass is 9.98. The van der Waals surface area contributed by atoms with E-state index in [1.54, 1.807) is 11.0 Å². The third-order valence-corrected chi connectivity index (χ3v) is 8.58. The standard InChI is InChI=1S/C27H34ClN7O4S/c1-18-16-33(17-18)24-15-26(32-9-11-39-12-10-32)35-25(29-24)14-22(30-35)23-5-3-4-8-34(23)27(36)20-13-19(28)6-7-21(20)31-40(2,37)38/h6-7,13-15,18,23,31H,3-5,8-12,16-17H2,1-2H3/t23-/m0/s1. The average Bonchev–Trinajstić information content (AvgIpc) is 3.35. The Morgan fingerprint density at radius 1 is 1.07 bits per heavy atom. The van der Waals surface area contributed by atoms with Crippen LogP contribution in [0.3, 0.4) is 0 Å². The number of halogens is 1. The minimum atomic E-state index is -3.59. The van der Waals surface area contributed by atoms with Crippen molar-refractivity contribution in [2.24, 2.45) is 5.92 Å². The molecular weight excluding hydrogens is 554 g/mol. The Labute approximate surface area is 239 Å². The second kappa shape index (κ2) is 10.7. The lowest BCUT2D eigenvalue weighted by Gasteiger charge is -2.39. The molecule has 40 heavy (non-hydrogen) atoms. The number of hydrogen-bond donors (Lipinski definition) is 1. The second-order valence-corrected chi connectivity index (χ2v) is 13.2. The number of piperidine rings is 1. The summed E-state index contributed by atoms with van der Waals surface area (Å²) in [4.78, 5) is 25.3. The maximum absolute atomic E-state index is 13.9. The van der Waals surface area contributed by atoms with E-state index >= 15 is 0 Å². The first-order valence-corrected chi connectivity index (χ1v) is 16.0. The Balaban J connectivity index is 1.38. The Hall–Kier alpha value is -3.09. The van der Waals surface area contributed by atoms with Gasteiger partial charge in [0.25, 0.3) is 5.91 Å². The summed E-state index contributed by atoms with van der Waals surface area (Å²) in [6, 6.07) is 8.43. The molecular formula is C27H34ClN7O4S. The van der Waals surface area contributed by atoms with Gasteiger partial charge >= 0.3 is 0 Å². The van der Waals surface area contributed by atoms with Gasteiger partial charge in [0.05, 0.1) is 42.5 Å². The Bertz CT molecular complexity index is 1530. The summed E-state index contributed by atoms with van der Waals surface area (Å²) >= 11 is 6.25. The highest BCUT2D eigenvalue weighted by molar-refractivity contribution is 7.92. The summed E-state index contributed by atoms with van der Waals surface area (Å²) in [6.07, 6.45) is 3.60. The van der Waals surface area contributed by atoms with E-state index in [9.17, 15) is 13.2 Å². The molecule has 1 aromatic carbocycles. The number of sulfonamides is 1. The maximum Gasteiger partial charge on any atom is 0.256 e. The smallest absolute Gasteiger partial charge is 0.256 e. The fourth-order valence-electron chi connectivity index (χ4n) is 5.81. The van der Waals surface area contributed by atoms with E-state index in [1.165, 1.54) is 12.1 Å². The number of carbonyl (C=O) groups excluding carboxylic acids is 1. The van der Waals surface area contributed by atoms with Gasteiger partial charge in [-0.05, 0) is 43.4 Å². The number of amides is 1.